The topological polar surface area (TPSA) is 32.3 Å². The fourth-order valence-electron chi connectivity index (χ4n) is 3.59. The highest BCUT2D eigenvalue weighted by Gasteiger charge is 2.27. The molecule has 1 saturated heterocycles. The number of piperazine rings is 1. The standard InChI is InChI=1S/C20H19ClF2N4S/c21-20-18(24-25-28-20)13-26-9-11-27(12-10-26)19(14-1-5-16(22)6-2-14)15-3-7-17(23)8-4-15/h1-8,19H,9-13H2. The van der Waals surface area contributed by atoms with Crippen LogP contribution in [0.4, 0.5) is 8.78 Å². The zero-order chi connectivity index (χ0) is 19.5. The highest BCUT2D eigenvalue weighted by Crippen LogP contribution is 2.30. The van der Waals surface area contributed by atoms with E-state index in [2.05, 4.69) is 19.4 Å². The Morgan fingerprint density at radius 1 is 0.893 bits per heavy atom. The second kappa shape index (κ2) is 8.61. The van der Waals surface area contributed by atoms with Crippen molar-refractivity contribution in [2.24, 2.45) is 0 Å². The van der Waals surface area contributed by atoms with Gasteiger partial charge >= 0.3 is 0 Å². The monoisotopic (exact) mass is 420 g/mol. The molecule has 0 spiro atoms. The van der Waals surface area contributed by atoms with E-state index in [1.54, 1.807) is 24.3 Å². The van der Waals surface area contributed by atoms with Crippen molar-refractivity contribution in [3.05, 3.63) is 81.3 Å². The average molecular weight is 421 g/mol. The molecule has 1 aliphatic heterocycles. The maximum atomic E-state index is 13.4. The summed E-state index contributed by atoms with van der Waals surface area (Å²) < 4.78 is 31.4. The van der Waals surface area contributed by atoms with Crippen LogP contribution in [0.15, 0.2) is 48.5 Å². The molecule has 0 radical (unpaired) electrons. The summed E-state index contributed by atoms with van der Waals surface area (Å²) in [5.74, 6) is -0.527. The number of halogens is 3. The molecular formula is C20H19ClF2N4S. The van der Waals surface area contributed by atoms with Gasteiger partial charge in [-0.2, -0.15) is 0 Å². The number of hydrogen-bond donors (Lipinski definition) is 0. The van der Waals surface area contributed by atoms with Crippen molar-refractivity contribution in [1.29, 1.82) is 0 Å². The Kier molecular flexibility index (Phi) is 5.96. The van der Waals surface area contributed by atoms with E-state index in [-0.39, 0.29) is 17.7 Å². The van der Waals surface area contributed by atoms with Crippen LogP contribution in [-0.4, -0.2) is 45.6 Å². The van der Waals surface area contributed by atoms with Crippen molar-refractivity contribution in [3.63, 3.8) is 0 Å². The largest absolute Gasteiger partial charge is 0.295 e. The van der Waals surface area contributed by atoms with Gasteiger partial charge in [0.2, 0.25) is 0 Å². The second-order valence-corrected chi connectivity index (χ2v) is 8.17. The van der Waals surface area contributed by atoms with E-state index in [9.17, 15) is 8.78 Å². The van der Waals surface area contributed by atoms with Gasteiger partial charge in [-0.3, -0.25) is 9.80 Å². The van der Waals surface area contributed by atoms with E-state index in [4.69, 9.17) is 11.6 Å². The first-order valence-electron chi connectivity index (χ1n) is 9.04. The van der Waals surface area contributed by atoms with Crippen LogP contribution in [0.25, 0.3) is 0 Å². The van der Waals surface area contributed by atoms with Gasteiger partial charge in [-0.25, -0.2) is 8.78 Å². The Hall–Kier alpha value is -1.93. The number of rotatable bonds is 5. The Balaban J connectivity index is 1.52. The van der Waals surface area contributed by atoms with Gasteiger partial charge in [0, 0.05) is 44.3 Å². The Morgan fingerprint density at radius 2 is 1.43 bits per heavy atom. The zero-order valence-corrected chi connectivity index (χ0v) is 16.6. The Morgan fingerprint density at radius 3 is 1.89 bits per heavy atom. The molecular weight excluding hydrogens is 402 g/mol. The summed E-state index contributed by atoms with van der Waals surface area (Å²) in [4.78, 5) is 4.64. The van der Waals surface area contributed by atoms with Crippen LogP contribution in [0.2, 0.25) is 4.34 Å². The minimum atomic E-state index is -0.264. The molecule has 146 valence electrons. The van der Waals surface area contributed by atoms with Crippen molar-refractivity contribution in [3.8, 4) is 0 Å². The van der Waals surface area contributed by atoms with Crippen molar-refractivity contribution < 1.29 is 8.78 Å². The maximum absolute atomic E-state index is 13.4. The molecule has 3 aromatic rings. The first-order valence-corrected chi connectivity index (χ1v) is 10.2. The van der Waals surface area contributed by atoms with Gasteiger partial charge in [0.25, 0.3) is 0 Å². The molecule has 4 nitrogen and oxygen atoms in total. The molecule has 0 atom stereocenters. The number of nitrogens with zero attached hydrogens (tertiary/aromatic N) is 4. The van der Waals surface area contributed by atoms with E-state index in [0.717, 1.165) is 43.0 Å². The highest BCUT2D eigenvalue weighted by atomic mass is 35.5. The first kappa shape index (κ1) is 19.4. The average Bonchev–Trinajstić information content (AvgIpc) is 3.11. The predicted molar refractivity (Wildman–Crippen MR) is 106 cm³/mol. The molecule has 2 aromatic carbocycles. The first-order chi connectivity index (χ1) is 13.6. The number of benzene rings is 2. The Bertz CT molecular complexity index is 863. The van der Waals surface area contributed by atoms with Crippen LogP contribution in [-0.2, 0) is 6.54 Å². The van der Waals surface area contributed by atoms with Gasteiger partial charge < -0.3 is 0 Å². The number of hydrogen-bond acceptors (Lipinski definition) is 5. The van der Waals surface area contributed by atoms with Gasteiger partial charge in [-0.15, -0.1) is 5.10 Å². The molecule has 2 heterocycles. The normalized spacial score (nSPS) is 16.0. The molecule has 0 unspecified atom stereocenters. The fraction of sp³-hybridized carbons (Fsp3) is 0.300. The fourth-order valence-corrected chi connectivity index (χ4v) is 4.20. The van der Waals surface area contributed by atoms with Crippen LogP contribution in [0, 0.1) is 11.6 Å². The molecule has 1 aliphatic rings. The van der Waals surface area contributed by atoms with Gasteiger partial charge in [0.15, 0.2) is 0 Å². The van der Waals surface area contributed by atoms with E-state index < -0.39 is 0 Å². The van der Waals surface area contributed by atoms with Gasteiger partial charge in [0.1, 0.15) is 21.7 Å². The Labute approximate surface area is 171 Å². The van der Waals surface area contributed by atoms with E-state index >= 15 is 0 Å². The summed E-state index contributed by atoms with van der Waals surface area (Å²) in [6.45, 7) is 4.05. The van der Waals surface area contributed by atoms with Crippen molar-refractivity contribution in [2.45, 2.75) is 12.6 Å². The van der Waals surface area contributed by atoms with Crippen LogP contribution < -0.4 is 0 Å². The molecule has 1 aromatic heterocycles. The van der Waals surface area contributed by atoms with Crippen LogP contribution in [0.3, 0.4) is 0 Å². The van der Waals surface area contributed by atoms with Crippen LogP contribution in [0.5, 0.6) is 0 Å². The molecule has 4 rings (SSSR count). The van der Waals surface area contributed by atoms with Crippen LogP contribution >= 0.6 is 23.1 Å². The SMILES string of the molecule is Fc1ccc(C(c2ccc(F)cc2)N2CCN(Cc3nnsc3Cl)CC2)cc1. The van der Waals surface area contributed by atoms with Crippen molar-refractivity contribution >= 4 is 23.1 Å². The number of aromatic nitrogens is 2. The molecule has 0 saturated carbocycles. The summed E-state index contributed by atoms with van der Waals surface area (Å²) in [5, 5.41) is 4.09. The summed E-state index contributed by atoms with van der Waals surface area (Å²) in [6, 6.07) is 13.0. The second-order valence-electron chi connectivity index (χ2n) is 6.81. The zero-order valence-electron chi connectivity index (χ0n) is 15.1. The van der Waals surface area contributed by atoms with Gasteiger partial charge in [-0.05, 0) is 35.4 Å². The molecule has 0 N–H and O–H groups in total. The quantitative estimate of drug-likeness (QED) is 0.613. The lowest BCUT2D eigenvalue weighted by molar-refractivity contribution is 0.104. The third kappa shape index (κ3) is 4.38. The van der Waals surface area contributed by atoms with Crippen molar-refractivity contribution in [2.75, 3.05) is 26.2 Å². The highest BCUT2D eigenvalue weighted by molar-refractivity contribution is 7.10. The maximum Gasteiger partial charge on any atom is 0.138 e. The van der Waals surface area contributed by atoms with E-state index in [0.29, 0.717) is 10.9 Å². The van der Waals surface area contributed by atoms with Crippen molar-refractivity contribution in [1.82, 2.24) is 19.4 Å². The molecule has 28 heavy (non-hydrogen) atoms. The van der Waals surface area contributed by atoms with Gasteiger partial charge in [-0.1, -0.05) is 40.4 Å². The lowest BCUT2D eigenvalue weighted by atomic mass is 9.96. The minimum absolute atomic E-state index is 0.0483. The van der Waals surface area contributed by atoms with Gasteiger partial charge in [0.05, 0.1) is 6.04 Å². The molecule has 0 bridgehead atoms. The summed E-state index contributed by atoms with van der Waals surface area (Å²) >= 11 is 7.32. The summed E-state index contributed by atoms with van der Waals surface area (Å²) in [7, 11) is 0. The lowest BCUT2D eigenvalue weighted by Gasteiger charge is -2.39. The predicted octanol–water partition coefficient (Wildman–Crippen LogP) is 4.38. The smallest absolute Gasteiger partial charge is 0.138 e. The summed E-state index contributed by atoms with van der Waals surface area (Å²) in [6.07, 6.45) is 0. The molecule has 8 heteroatoms. The molecule has 0 aliphatic carbocycles. The third-order valence-corrected chi connectivity index (χ3v) is 6.01. The molecule has 0 amide bonds. The van der Waals surface area contributed by atoms with E-state index in [1.165, 1.54) is 35.8 Å². The van der Waals surface area contributed by atoms with Crippen LogP contribution in [0.1, 0.15) is 22.9 Å². The molecule has 1 fully saturated rings. The lowest BCUT2D eigenvalue weighted by Crippen LogP contribution is -2.47. The summed E-state index contributed by atoms with van der Waals surface area (Å²) in [5.41, 5.74) is 2.80. The van der Waals surface area contributed by atoms with E-state index in [1.807, 2.05) is 0 Å². The third-order valence-electron chi connectivity index (χ3n) is 5.03. The minimum Gasteiger partial charge on any atom is -0.295 e.